The van der Waals surface area contributed by atoms with Crippen molar-refractivity contribution < 1.29 is 4.79 Å². The maximum Gasteiger partial charge on any atom is 0.227 e. The highest BCUT2D eigenvalue weighted by molar-refractivity contribution is 5.82. The Bertz CT molecular complexity index is 460. The van der Waals surface area contributed by atoms with E-state index in [0.717, 1.165) is 13.0 Å². The lowest BCUT2D eigenvalue weighted by Crippen LogP contribution is -2.39. The number of nitrogens with two attached hydrogens (primary N) is 1. The van der Waals surface area contributed by atoms with E-state index in [9.17, 15) is 4.79 Å². The van der Waals surface area contributed by atoms with Crippen molar-refractivity contribution in [3.63, 3.8) is 0 Å². The Kier molecular flexibility index (Phi) is 5.54. The number of nitrogen functional groups attached to an aromatic ring is 1. The summed E-state index contributed by atoms with van der Waals surface area (Å²) in [6.07, 6.45) is 0.996. The molecule has 0 atom stereocenters. The predicted octanol–water partition coefficient (Wildman–Crippen LogP) is 1.06. The van der Waals surface area contributed by atoms with Gasteiger partial charge in [0.25, 0.3) is 0 Å². The van der Waals surface area contributed by atoms with Crippen LogP contribution in [0.5, 0.6) is 0 Å². The minimum atomic E-state index is -0.536. The number of rotatable bonds is 7. The van der Waals surface area contributed by atoms with Crippen LogP contribution in [0.25, 0.3) is 0 Å². The molecule has 0 aliphatic heterocycles. The molecule has 112 valence electrons. The highest BCUT2D eigenvalue weighted by atomic mass is 16.2. The average molecular weight is 280 g/mol. The molecule has 5 N–H and O–H groups in total. The molecule has 1 heterocycles. The third-order valence-electron chi connectivity index (χ3n) is 2.85. The summed E-state index contributed by atoms with van der Waals surface area (Å²) in [6, 6.07) is 1.78. The van der Waals surface area contributed by atoms with E-state index in [1.165, 1.54) is 0 Å². The van der Waals surface area contributed by atoms with Gasteiger partial charge in [0.1, 0.15) is 11.6 Å². The number of nitrogens with one attached hydrogen (secondary N) is 3. The summed E-state index contributed by atoms with van der Waals surface area (Å²) in [5, 5.41) is 8.93. The second-order valence-electron chi connectivity index (χ2n) is 5.24. The molecule has 0 bridgehead atoms. The molecule has 7 heteroatoms. The molecule has 0 aromatic carbocycles. The number of amides is 1. The lowest BCUT2D eigenvalue weighted by Gasteiger charge is -2.23. The van der Waals surface area contributed by atoms with E-state index in [2.05, 4.69) is 32.8 Å². The second-order valence-corrected chi connectivity index (χ2v) is 5.24. The fourth-order valence-electron chi connectivity index (χ4n) is 1.63. The van der Waals surface area contributed by atoms with Crippen molar-refractivity contribution in [1.82, 2.24) is 15.3 Å². The van der Waals surface area contributed by atoms with Crippen molar-refractivity contribution >= 4 is 23.5 Å². The fourth-order valence-corrected chi connectivity index (χ4v) is 1.63. The van der Waals surface area contributed by atoms with Crippen molar-refractivity contribution in [3.05, 3.63) is 6.07 Å². The minimum absolute atomic E-state index is 0.0311. The van der Waals surface area contributed by atoms with Crippen molar-refractivity contribution in [2.75, 3.05) is 36.5 Å². The summed E-state index contributed by atoms with van der Waals surface area (Å²) >= 11 is 0. The monoisotopic (exact) mass is 280 g/mol. The van der Waals surface area contributed by atoms with Crippen LogP contribution in [0.3, 0.4) is 0 Å². The van der Waals surface area contributed by atoms with Crippen molar-refractivity contribution in [3.8, 4) is 0 Å². The van der Waals surface area contributed by atoms with Gasteiger partial charge in [-0.2, -0.15) is 9.97 Å². The van der Waals surface area contributed by atoms with Crippen LogP contribution in [0, 0.1) is 5.41 Å². The average Bonchev–Trinajstić information content (AvgIpc) is 2.41. The van der Waals surface area contributed by atoms with E-state index in [0.29, 0.717) is 18.2 Å². The first kappa shape index (κ1) is 16.0. The largest absolute Gasteiger partial charge is 0.370 e. The molecule has 0 saturated carbocycles. The minimum Gasteiger partial charge on any atom is -0.370 e. The Labute approximate surface area is 119 Å². The lowest BCUT2D eigenvalue weighted by molar-refractivity contribution is -0.128. The zero-order valence-corrected chi connectivity index (χ0v) is 12.6. The molecule has 1 aromatic heterocycles. The van der Waals surface area contributed by atoms with Gasteiger partial charge in [0.2, 0.25) is 11.9 Å². The van der Waals surface area contributed by atoms with Crippen LogP contribution in [0.4, 0.5) is 17.6 Å². The second kappa shape index (κ2) is 6.93. The summed E-state index contributed by atoms with van der Waals surface area (Å²) in [7, 11) is 1.62. The summed E-state index contributed by atoms with van der Waals surface area (Å²) in [5.74, 6) is 1.45. The Morgan fingerprint density at radius 1 is 1.30 bits per heavy atom. The topological polar surface area (TPSA) is 105 Å². The van der Waals surface area contributed by atoms with Gasteiger partial charge in [-0.15, -0.1) is 0 Å². The summed E-state index contributed by atoms with van der Waals surface area (Å²) < 4.78 is 0. The fraction of sp³-hybridized carbons (Fsp3) is 0.615. The molecule has 0 spiro atoms. The third-order valence-corrected chi connectivity index (χ3v) is 2.85. The van der Waals surface area contributed by atoms with Crippen LogP contribution in [0.2, 0.25) is 0 Å². The number of hydrogen-bond donors (Lipinski definition) is 4. The van der Waals surface area contributed by atoms with Gasteiger partial charge < -0.3 is 21.7 Å². The first-order valence-corrected chi connectivity index (χ1v) is 6.73. The first-order valence-electron chi connectivity index (χ1n) is 6.73. The molecule has 1 rings (SSSR count). The molecule has 0 aliphatic rings. The molecule has 20 heavy (non-hydrogen) atoms. The number of nitrogens with zero attached hydrogens (tertiary/aromatic N) is 2. The van der Waals surface area contributed by atoms with Crippen LogP contribution >= 0.6 is 0 Å². The molecular weight excluding hydrogens is 256 g/mol. The standard InChI is InChI=1S/C13H24N6O/c1-5-6-16-9-7-10(19-12(14)18-9)17-8-13(2,3)11(20)15-4/h7H,5-6,8H2,1-4H3,(H,15,20)(H4,14,16,17,18,19). The number of hydrogen-bond acceptors (Lipinski definition) is 6. The lowest BCUT2D eigenvalue weighted by atomic mass is 9.92. The van der Waals surface area contributed by atoms with Gasteiger partial charge in [0.15, 0.2) is 0 Å². The predicted molar refractivity (Wildman–Crippen MR) is 81.6 cm³/mol. The highest BCUT2D eigenvalue weighted by Crippen LogP contribution is 2.18. The highest BCUT2D eigenvalue weighted by Gasteiger charge is 2.26. The van der Waals surface area contributed by atoms with E-state index < -0.39 is 5.41 Å². The molecule has 0 radical (unpaired) electrons. The zero-order chi connectivity index (χ0) is 15.2. The van der Waals surface area contributed by atoms with E-state index in [1.807, 2.05) is 13.8 Å². The molecule has 0 aliphatic carbocycles. The van der Waals surface area contributed by atoms with Gasteiger partial charge in [0, 0.05) is 26.2 Å². The van der Waals surface area contributed by atoms with Crippen molar-refractivity contribution in [1.29, 1.82) is 0 Å². The SMILES string of the molecule is CCCNc1cc(NCC(C)(C)C(=O)NC)nc(N)n1. The van der Waals surface area contributed by atoms with E-state index in [1.54, 1.807) is 13.1 Å². The normalized spacial score (nSPS) is 11.0. The van der Waals surface area contributed by atoms with Gasteiger partial charge in [-0.1, -0.05) is 6.92 Å². The van der Waals surface area contributed by atoms with Gasteiger partial charge in [-0.25, -0.2) is 0 Å². The van der Waals surface area contributed by atoms with E-state index in [-0.39, 0.29) is 11.9 Å². The van der Waals surface area contributed by atoms with Crippen LogP contribution in [0.15, 0.2) is 6.07 Å². The zero-order valence-electron chi connectivity index (χ0n) is 12.6. The molecule has 0 fully saturated rings. The van der Waals surface area contributed by atoms with Crippen LogP contribution in [-0.2, 0) is 4.79 Å². The Balaban J connectivity index is 2.72. The summed E-state index contributed by atoms with van der Waals surface area (Å²) in [5.41, 5.74) is 5.14. The third kappa shape index (κ3) is 4.56. The maximum atomic E-state index is 11.7. The van der Waals surface area contributed by atoms with Crippen LogP contribution in [0.1, 0.15) is 27.2 Å². The van der Waals surface area contributed by atoms with E-state index >= 15 is 0 Å². The Hall–Kier alpha value is -2.05. The van der Waals surface area contributed by atoms with E-state index in [4.69, 9.17) is 5.73 Å². The van der Waals surface area contributed by atoms with Gasteiger partial charge in [-0.05, 0) is 20.3 Å². The number of aromatic nitrogens is 2. The first-order chi connectivity index (χ1) is 9.39. The van der Waals surface area contributed by atoms with Crippen LogP contribution < -0.4 is 21.7 Å². The quantitative estimate of drug-likeness (QED) is 0.595. The number of anilines is 3. The molecular formula is C13H24N6O. The molecule has 1 amide bonds. The van der Waals surface area contributed by atoms with Gasteiger partial charge >= 0.3 is 0 Å². The van der Waals surface area contributed by atoms with Crippen molar-refractivity contribution in [2.45, 2.75) is 27.2 Å². The Morgan fingerprint density at radius 3 is 2.45 bits per heavy atom. The number of carbonyl (C=O) groups excluding carboxylic acids is 1. The van der Waals surface area contributed by atoms with Crippen molar-refractivity contribution in [2.24, 2.45) is 5.41 Å². The molecule has 0 saturated heterocycles. The summed E-state index contributed by atoms with van der Waals surface area (Å²) in [4.78, 5) is 19.9. The Morgan fingerprint density at radius 2 is 1.90 bits per heavy atom. The molecule has 7 nitrogen and oxygen atoms in total. The smallest absolute Gasteiger partial charge is 0.227 e. The number of carbonyl (C=O) groups is 1. The maximum absolute atomic E-state index is 11.7. The van der Waals surface area contributed by atoms with Crippen LogP contribution in [-0.4, -0.2) is 36.0 Å². The van der Waals surface area contributed by atoms with Gasteiger partial charge in [0.05, 0.1) is 5.41 Å². The van der Waals surface area contributed by atoms with Gasteiger partial charge in [-0.3, -0.25) is 4.79 Å². The summed E-state index contributed by atoms with van der Waals surface area (Å²) in [6.45, 7) is 7.07. The molecule has 0 unspecified atom stereocenters. The molecule has 1 aromatic rings.